The van der Waals surface area contributed by atoms with Crippen molar-refractivity contribution in [3.8, 4) is 0 Å². The summed E-state index contributed by atoms with van der Waals surface area (Å²) in [6, 6.07) is 0. The van der Waals surface area contributed by atoms with Crippen molar-refractivity contribution < 1.29 is 9.53 Å². The fourth-order valence-corrected chi connectivity index (χ4v) is 3.02. The Labute approximate surface area is 107 Å². The third kappa shape index (κ3) is 4.00. The minimum Gasteiger partial charge on any atom is -0.368 e. The second-order valence-corrected chi connectivity index (χ2v) is 5.78. The topological polar surface area (TPSA) is 50.7 Å². The van der Waals surface area contributed by atoms with Gasteiger partial charge in [-0.2, -0.15) is 0 Å². The number of amides is 1. The lowest BCUT2D eigenvalue weighted by Crippen LogP contribution is -2.34. The first-order valence-corrected chi connectivity index (χ1v) is 7.33. The molecule has 1 N–H and O–H groups in total. The molecule has 1 amide bonds. The van der Waals surface area contributed by atoms with Gasteiger partial charge in [-0.3, -0.25) is 9.79 Å². The van der Waals surface area contributed by atoms with Gasteiger partial charge in [0.15, 0.2) is 5.17 Å². The Morgan fingerprint density at radius 1 is 1.53 bits per heavy atom. The van der Waals surface area contributed by atoms with E-state index < -0.39 is 0 Å². The van der Waals surface area contributed by atoms with Crippen LogP contribution in [-0.4, -0.2) is 36.1 Å². The van der Waals surface area contributed by atoms with Gasteiger partial charge in [0.2, 0.25) is 0 Å². The van der Waals surface area contributed by atoms with Crippen LogP contribution >= 0.6 is 11.8 Å². The van der Waals surface area contributed by atoms with E-state index in [4.69, 9.17) is 4.74 Å². The molecule has 0 aromatic heterocycles. The van der Waals surface area contributed by atoms with Crippen LogP contribution in [0.15, 0.2) is 4.99 Å². The monoisotopic (exact) mass is 256 g/mol. The Kier molecular flexibility index (Phi) is 4.86. The molecule has 0 saturated heterocycles. The summed E-state index contributed by atoms with van der Waals surface area (Å²) < 4.78 is 5.69. The van der Waals surface area contributed by atoms with Crippen LogP contribution in [0.25, 0.3) is 0 Å². The predicted octanol–water partition coefficient (Wildman–Crippen LogP) is 1.80. The van der Waals surface area contributed by atoms with Crippen molar-refractivity contribution in [1.82, 2.24) is 5.32 Å². The van der Waals surface area contributed by atoms with E-state index in [0.717, 1.165) is 23.9 Å². The van der Waals surface area contributed by atoms with Gasteiger partial charge in [-0.1, -0.05) is 31.5 Å². The minimum atomic E-state index is -0.0732. The highest BCUT2D eigenvalue weighted by Crippen LogP contribution is 2.26. The molecule has 2 atom stereocenters. The van der Waals surface area contributed by atoms with Crippen molar-refractivity contribution >= 4 is 22.8 Å². The van der Waals surface area contributed by atoms with Crippen LogP contribution in [0.4, 0.5) is 0 Å². The zero-order valence-corrected chi connectivity index (χ0v) is 11.1. The SMILES string of the molecule is C[C@H]1CCCC[C@H]1OCC(=O)NC1=NCCS1. The summed E-state index contributed by atoms with van der Waals surface area (Å²) in [5.41, 5.74) is 0. The number of carbonyl (C=O) groups excluding carboxylic acids is 1. The van der Waals surface area contributed by atoms with E-state index >= 15 is 0 Å². The first kappa shape index (κ1) is 12.9. The molecule has 0 unspecified atom stereocenters. The molecule has 1 aliphatic heterocycles. The number of hydrogen-bond donors (Lipinski definition) is 1. The Morgan fingerprint density at radius 3 is 3.06 bits per heavy atom. The van der Waals surface area contributed by atoms with Gasteiger partial charge in [-0.15, -0.1) is 0 Å². The van der Waals surface area contributed by atoms with Crippen molar-refractivity contribution in [2.24, 2.45) is 10.9 Å². The summed E-state index contributed by atoms with van der Waals surface area (Å²) in [4.78, 5) is 15.8. The number of thioether (sulfide) groups is 1. The van der Waals surface area contributed by atoms with Gasteiger partial charge in [0.25, 0.3) is 5.91 Å². The Morgan fingerprint density at radius 2 is 2.35 bits per heavy atom. The highest BCUT2D eigenvalue weighted by atomic mass is 32.2. The maximum atomic E-state index is 11.6. The summed E-state index contributed by atoms with van der Waals surface area (Å²) in [7, 11) is 0. The second kappa shape index (κ2) is 6.40. The summed E-state index contributed by atoms with van der Waals surface area (Å²) in [6.07, 6.45) is 5.08. The Balaban J connectivity index is 1.68. The van der Waals surface area contributed by atoms with E-state index in [0.29, 0.717) is 5.92 Å². The van der Waals surface area contributed by atoms with Gasteiger partial charge >= 0.3 is 0 Å². The van der Waals surface area contributed by atoms with Gasteiger partial charge < -0.3 is 10.1 Å². The van der Waals surface area contributed by atoms with Crippen molar-refractivity contribution in [2.75, 3.05) is 18.9 Å². The van der Waals surface area contributed by atoms with Crippen LogP contribution in [0.1, 0.15) is 32.6 Å². The maximum Gasteiger partial charge on any atom is 0.251 e. The first-order chi connectivity index (χ1) is 8.25. The number of nitrogens with zero attached hydrogens (tertiary/aromatic N) is 1. The average molecular weight is 256 g/mol. The molecule has 0 bridgehead atoms. The van der Waals surface area contributed by atoms with Crippen LogP contribution in [0, 0.1) is 5.92 Å². The number of ether oxygens (including phenoxy) is 1. The number of carbonyl (C=O) groups is 1. The Bertz CT molecular complexity index is 307. The summed E-state index contributed by atoms with van der Waals surface area (Å²) in [5.74, 6) is 1.47. The highest BCUT2D eigenvalue weighted by molar-refractivity contribution is 8.14. The minimum absolute atomic E-state index is 0.0732. The lowest BCUT2D eigenvalue weighted by atomic mass is 9.88. The highest BCUT2D eigenvalue weighted by Gasteiger charge is 2.22. The van der Waals surface area contributed by atoms with Crippen LogP contribution in [-0.2, 0) is 9.53 Å². The molecule has 96 valence electrons. The van der Waals surface area contributed by atoms with E-state index in [-0.39, 0.29) is 18.6 Å². The van der Waals surface area contributed by atoms with Crippen molar-refractivity contribution in [1.29, 1.82) is 0 Å². The van der Waals surface area contributed by atoms with Crippen molar-refractivity contribution in [3.63, 3.8) is 0 Å². The largest absolute Gasteiger partial charge is 0.368 e. The van der Waals surface area contributed by atoms with Gasteiger partial charge in [0.1, 0.15) is 6.61 Å². The van der Waals surface area contributed by atoms with E-state index in [2.05, 4.69) is 17.2 Å². The number of rotatable bonds is 3. The van der Waals surface area contributed by atoms with E-state index in [1.54, 1.807) is 11.8 Å². The van der Waals surface area contributed by atoms with Crippen LogP contribution < -0.4 is 5.32 Å². The number of nitrogens with one attached hydrogen (secondary N) is 1. The molecule has 2 rings (SSSR count). The quantitative estimate of drug-likeness (QED) is 0.837. The molecule has 0 radical (unpaired) electrons. The molecule has 1 aliphatic carbocycles. The molecule has 1 heterocycles. The normalized spacial score (nSPS) is 28.9. The molecule has 5 heteroatoms. The van der Waals surface area contributed by atoms with Crippen LogP contribution in [0.5, 0.6) is 0 Å². The summed E-state index contributed by atoms with van der Waals surface area (Å²) in [6.45, 7) is 3.17. The van der Waals surface area contributed by atoms with E-state index in [9.17, 15) is 4.79 Å². The molecule has 2 aliphatic rings. The van der Waals surface area contributed by atoms with Crippen molar-refractivity contribution in [2.45, 2.75) is 38.7 Å². The Hall–Kier alpha value is -0.550. The fourth-order valence-electron chi connectivity index (χ4n) is 2.28. The van der Waals surface area contributed by atoms with Gasteiger partial charge in [-0.25, -0.2) is 0 Å². The molecule has 1 fully saturated rings. The molecule has 0 spiro atoms. The molecular formula is C12H20N2O2S. The molecule has 17 heavy (non-hydrogen) atoms. The average Bonchev–Trinajstić information content (AvgIpc) is 2.81. The fraction of sp³-hybridized carbons (Fsp3) is 0.833. The summed E-state index contributed by atoms with van der Waals surface area (Å²) >= 11 is 1.60. The zero-order valence-electron chi connectivity index (χ0n) is 10.3. The number of hydrogen-bond acceptors (Lipinski definition) is 4. The number of aliphatic imine (C=N–C) groups is 1. The predicted molar refractivity (Wildman–Crippen MR) is 70.3 cm³/mol. The van der Waals surface area contributed by atoms with Gasteiger partial charge in [-0.05, 0) is 18.8 Å². The van der Waals surface area contributed by atoms with Crippen LogP contribution in [0.2, 0.25) is 0 Å². The third-order valence-electron chi connectivity index (χ3n) is 3.29. The molecule has 0 aromatic carbocycles. The molecule has 0 aromatic rings. The second-order valence-electron chi connectivity index (χ2n) is 4.69. The van der Waals surface area contributed by atoms with E-state index in [1.807, 2.05) is 0 Å². The molecule has 1 saturated carbocycles. The molecular weight excluding hydrogens is 236 g/mol. The zero-order chi connectivity index (χ0) is 12.1. The maximum absolute atomic E-state index is 11.6. The van der Waals surface area contributed by atoms with E-state index in [1.165, 1.54) is 19.3 Å². The van der Waals surface area contributed by atoms with Gasteiger partial charge in [0, 0.05) is 5.75 Å². The summed E-state index contributed by atoms with van der Waals surface area (Å²) in [5, 5.41) is 3.53. The number of amidine groups is 1. The third-order valence-corrected chi connectivity index (χ3v) is 4.18. The smallest absolute Gasteiger partial charge is 0.251 e. The lowest BCUT2D eigenvalue weighted by molar-refractivity contribution is -0.128. The van der Waals surface area contributed by atoms with Gasteiger partial charge in [0.05, 0.1) is 12.6 Å². The standard InChI is InChI=1S/C12H20N2O2S/c1-9-4-2-3-5-10(9)16-8-11(15)14-12-13-6-7-17-12/h9-10H,2-8H2,1H3,(H,13,14,15)/t9-,10+/m0/s1. The van der Waals surface area contributed by atoms with Crippen molar-refractivity contribution in [3.05, 3.63) is 0 Å². The molecule has 4 nitrogen and oxygen atoms in total. The van der Waals surface area contributed by atoms with Crippen LogP contribution in [0.3, 0.4) is 0 Å². The lowest BCUT2D eigenvalue weighted by Gasteiger charge is -2.28. The first-order valence-electron chi connectivity index (χ1n) is 6.34.